The Labute approximate surface area is 178 Å². The van der Waals surface area contributed by atoms with Gasteiger partial charge in [0.05, 0.1) is 19.8 Å². The van der Waals surface area contributed by atoms with Gasteiger partial charge in [0.15, 0.2) is 0 Å². The molecule has 1 heterocycles. The van der Waals surface area contributed by atoms with E-state index in [2.05, 4.69) is 34.6 Å². The first-order valence-corrected chi connectivity index (χ1v) is 9.53. The van der Waals surface area contributed by atoms with E-state index in [1.54, 1.807) is 7.11 Å². The van der Waals surface area contributed by atoms with Crippen molar-refractivity contribution in [2.45, 2.75) is 12.0 Å². The van der Waals surface area contributed by atoms with E-state index in [0.717, 1.165) is 16.8 Å². The summed E-state index contributed by atoms with van der Waals surface area (Å²) in [5, 5.41) is 37.8. The highest BCUT2D eigenvalue weighted by Gasteiger charge is 2.18. The standard InChI is InChI=1S/C20H24N2O3.C2H2O4/c1-25-16-8-6-14(7-9-16)18(11-21-10-15(24)13-23)19-12-22-20-5-3-2-4-17(19)20;3-1(4)2(5)6/h2-9,12,15,18,21-24H,10-11,13H2,1H3;(H,3,4)(H,5,6). The van der Waals surface area contributed by atoms with Gasteiger partial charge in [-0.15, -0.1) is 0 Å². The summed E-state index contributed by atoms with van der Waals surface area (Å²) in [6.07, 6.45) is 1.29. The minimum atomic E-state index is -1.82. The first-order chi connectivity index (χ1) is 14.9. The number of H-pyrrole nitrogens is 1. The molecule has 2 unspecified atom stereocenters. The van der Waals surface area contributed by atoms with Crippen LogP contribution in [0.15, 0.2) is 54.7 Å². The minimum Gasteiger partial charge on any atom is -0.497 e. The summed E-state index contributed by atoms with van der Waals surface area (Å²) in [7, 11) is 1.66. The number of aromatic nitrogens is 1. The summed E-state index contributed by atoms with van der Waals surface area (Å²) in [6, 6.07) is 16.3. The van der Waals surface area contributed by atoms with Crippen LogP contribution in [-0.4, -0.2) is 70.3 Å². The van der Waals surface area contributed by atoms with Crippen molar-refractivity contribution in [1.82, 2.24) is 10.3 Å². The Bertz CT molecular complexity index is 973. The van der Waals surface area contributed by atoms with Crippen LogP contribution in [0, 0.1) is 0 Å². The molecule has 0 aliphatic carbocycles. The maximum Gasteiger partial charge on any atom is 0.414 e. The number of benzene rings is 2. The van der Waals surface area contributed by atoms with Crippen LogP contribution in [0.5, 0.6) is 5.75 Å². The van der Waals surface area contributed by atoms with Gasteiger partial charge in [-0.3, -0.25) is 0 Å². The number of nitrogens with one attached hydrogen (secondary N) is 2. The zero-order chi connectivity index (χ0) is 22.8. The molecule has 0 fully saturated rings. The molecule has 2 aromatic carbocycles. The number of aromatic amines is 1. The summed E-state index contributed by atoms with van der Waals surface area (Å²) in [6.45, 7) is 0.768. The first kappa shape index (κ1) is 23.9. The molecule has 9 nitrogen and oxygen atoms in total. The summed E-state index contributed by atoms with van der Waals surface area (Å²) in [4.78, 5) is 21.5. The van der Waals surface area contributed by atoms with Crippen molar-refractivity contribution in [3.63, 3.8) is 0 Å². The van der Waals surface area contributed by atoms with E-state index >= 15 is 0 Å². The van der Waals surface area contributed by atoms with Gasteiger partial charge in [-0.25, -0.2) is 9.59 Å². The van der Waals surface area contributed by atoms with Crippen LogP contribution in [0.1, 0.15) is 17.0 Å². The van der Waals surface area contributed by atoms with Gasteiger partial charge in [0.2, 0.25) is 0 Å². The summed E-state index contributed by atoms with van der Waals surface area (Å²) in [5.41, 5.74) is 3.47. The molecule has 166 valence electrons. The summed E-state index contributed by atoms with van der Waals surface area (Å²) >= 11 is 0. The van der Waals surface area contributed by atoms with Gasteiger partial charge in [0, 0.05) is 36.1 Å². The zero-order valence-electron chi connectivity index (χ0n) is 17.0. The number of rotatable bonds is 8. The number of methoxy groups -OCH3 is 1. The highest BCUT2D eigenvalue weighted by molar-refractivity contribution is 6.27. The lowest BCUT2D eigenvalue weighted by Gasteiger charge is -2.19. The highest BCUT2D eigenvalue weighted by atomic mass is 16.5. The van der Waals surface area contributed by atoms with Gasteiger partial charge >= 0.3 is 11.9 Å². The summed E-state index contributed by atoms with van der Waals surface area (Å²) in [5.74, 6) is -2.71. The maximum atomic E-state index is 9.58. The number of carboxylic acid groups (broad SMARTS) is 2. The van der Waals surface area contributed by atoms with Gasteiger partial charge in [-0.2, -0.15) is 0 Å². The molecule has 0 saturated heterocycles. The van der Waals surface area contributed by atoms with Crippen molar-refractivity contribution in [1.29, 1.82) is 0 Å². The molecular formula is C22H26N2O7. The summed E-state index contributed by atoms with van der Waals surface area (Å²) < 4.78 is 5.25. The molecule has 3 rings (SSSR count). The van der Waals surface area contributed by atoms with Crippen LogP contribution in [0.2, 0.25) is 0 Å². The van der Waals surface area contributed by atoms with Gasteiger partial charge in [0.25, 0.3) is 0 Å². The lowest BCUT2D eigenvalue weighted by molar-refractivity contribution is -0.159. The largest absolute Gasteiger partial charge is 0.497 e. The molecule has 31 heavy (non-hydrogen) atoms. The zero-order valence-corrected chi connectivity index (χ0v) is 17.0. The second-order valence-corrected chi connectivity index (χ2v) is 6.72. The van der Waals surface area contributed by atoms with Crippen LogP contribution >= 0.6 is 0 Å². The number of carboxylic acids is 2. The van der Waals surface area contributed by atoms with Gasteiger partial charge in [0.1, 0.15) is 5.75 Å². The molecule has 0 radical (unpaired) electrons. The second kappa shape index (κ2) is 11.7. The Morgan fingerprint density at radius 2 is 1.68 bits per heavy atom. The van der Waals surface area contributed by atoms with E-state index in [9.17, 15) is 5.11 Å². The van der Waals surface area contributed by atoms with E-state index in [-0.39, 0.29) is 12.5 Å². The smallest absolute Gasteiger partial charge is 0.414 e. The lowest BCUT2D eigenvalue weighted by Crippen LogP contribution is -2.32. The first-order valence-electron chi connectivity index (χ1n) is 9.53. The third-order valence-electron chi connectivity index (χ3n) is 4.64. The van der Waals surface area contributed by atoms with Gasteiger partial charge in [-0.1, -0.05) is 30.3 Å². The highest BCUT2D eigenvalue weighted by Crippen LogP contribution is 2.31. The number of para-hydroxylation sites is 1. The molecule has 3 aromatic rings. The molecule has 0 aliphatic rings. The number of aliphatic hydroxyl groups excluding tert-OH is 2. The molecule has 1 aromatic heterocycles. The average Bonchev–Trinajstić information content (AvgIpc) is 3.21. The molecule has 0 aliphatic heterocycles. The molecule has 0 spiro atoms. The molecule has 0 bridgehead atoms. The van der Waals surface area contributed by atoms with Crippen LogP contribution in [0.25, 0.3) is 10.9 Å². The molecule has 2 atom stereocenters. The number of fused-ring (bicyclic) bond motifs is 1. The number of carbonyl (C=O) groups is 2. The van der Waals surface area contributed by atoms with Crippen LogP contribution < -0.4 is 10.1 Å². The van der Waals surface area contributed by atoms with Crippen molar-refractivity contribution in [2.75, 3.05) is 26.8 Å². The van der Waals surface area contributed by atoms with Crippen LogP contribution in [-0.2, 0) is 9.59 Å². The Kier molecular flexibility index (Phi) is 9.01. The number of hydrogen-bond acceptors (Lipinski definition) is 6. The number of aliphatic hydroxyl groups is 2. The predicted molar refractivity (Wildman–Crippen MR) is 114 cm³/mol. The Morgan fingerprint density at radius 1 is 1.03 bits per heavy atom. The molecule has 0 saturated carbocycles. The van der Waals surface area contributed by atoms with Crippen molar-refractivity contribution < 1.29 is 34.8 Å². The predicted octanol–water partition coefficient (Wildman–Crippen LogP) is 1.41. The molecule has 6 N–H and O–H groups in total. The lowest BCUT2D eigenvalue weighted by atomic mass is 9.90. The van der Waals surface area contributed by atoms with Crippen molar-refractivity contribution in [3.05, 3.63) is 65.9 Å². The van der Waals surface area contributed by atoms with Gasteiger partial charge in [-0.05, 0) is 29.3 Å². The fourth-order valence-electron chi connectivity index (χ4n) is 3.08. The van der Waals surface area contributed by atoms with E-state index in [4.69, 9.17) is 29.6 Å². The third kappa shape index (κ3) is 6.82. The monoisotopic (exact) mass is 430 g/mol. The van der Waals surface area contributed by atoms with Gasteiger partial charge < -0.3 is 35.5 Å². The molecule has 9 heteroatoms. The van der Waals surface area contributed by atoms with Crippen LogP contribution in [0.3, 0.4) is 0 Å². The quantitative estimate of drug-likeness (QED) is 0.293. The number of aliphatic carboxylic acids is 2. The number of hydrogen-bond donors (Lipinski definition) is 6. The van der Waals surface area contributed by atoms with Crippen molar-refractivity contribution >= 4 is 22.8 Å². The van der Waals surface area contributed by atoms with Crippen molar-refractivity contribution in [3.8, 4) is 5.75 Å². The minimum absolute atomic E-state index is 0.118. The fourth-order valence-corrected chi connectivity index (χ4v) is 3.08. The molecular weight excluding hydrogens is 404 g/mol. The number of ether oxygens (including phenoxy) is 1. The Morgan fingerprint density at radius 3 is 2.26 bits per heavy atom. The van der Waals surface area contributed by atoms with E-state index in [0.29, 0.717) is 13.1 Å². The maximum absolute atomic E-state index is 9.58. The van der Waals surface area contributed by atoms with E-state index < -0.39 is 18.0 Å². The van der Waals surface area contributed by atoms with Crippen molar-refractivity contribution in [2.24, 2.45) is 0 Å². The second-order valence-electron chi connectivity index (χ2n) is 6.72. The average molecular weight is 430 g/mol. The Hall–Kier alpha value is -3.40. The topological polar surface area (TPSA) is 152 Å². The molecule has 0 amide bonds. The normalized spacial score (nSPS) is 12.5. The Balaban J connectivity index is 0.000000501. The SMILES string of the molecule is COc1ccc(C(CNCC(O)CO)c2c[nH]c3ccccc23)cc1.O=C(O)C(=O)O. The van der Waals surface area contributed by atoms with E-state index in [1.807, 2.05) is 30.5 Å². The van der Waals surface area contributed by atoms with Crippen LogP contribution in [0.4, 0.5) is 0 Å². The van der Waals surface area contributed by atoms with E-state index in [1.165, 1.54) is 10.9 Å². The third-order valence-corrected chi connectivity index (χ3v) is 4.64. The fraction of sp³-hybridized carbons (Fsp3) is 0.273.